The van der Waals surface area contributed by atoms with E-state index in [1.807, 2.05) is 0 Å². The number of carboxylic acids is 1. The van der Waals surface area contributed by atoms with Crippen LogP contribution in [-0.4, -0.2) is 27.6 Å². The number of hydrogen-bond acceptors (Lipinski definition) is 7. The Hall–Kier alpha value is -4.54. The summed E-state index contributed by atoms with van der Waals surface area (Å²) in [6.45, 7) is -0.0210. The van der Waals surface area contributed by atoms with Gasteiger partial charge in [-0.25, -0.2) is 9.78 Å². The minimum Gasteiger partial charge on any atom is -0.478 e. The Labute approximate surface area is 231 Å². The lowest BCUT2D eigenvalue weighted by molar-refractivity contribution is -0.274. The zero-order valence-electron chi connectivity index (χ0n) is 21.5. The van der Waals surface area contributed by atoms with Gasteiger partial charge < -0.3 is 23.8 Å². The molecule has 2 fully saturated rings. The molecular weight excluding hydrogens is 541 g/mol. The van der Waals surface area contributed by atoms with Crippen LogP contribution in [0.5, 0.6) is 23.1 Å². The molecule has 8 nitrogen and oxygen atoms in total. The maximum Gasteiger partial charge on any atom is 0.573 e. The second kappa shape index (κ2) is 9.25. The largest absolute Gasteiger partial charge is 0.573 e. The van der Waals surface area contributed by atoms with Crippen molar-refractivity contribution < 1.29 is 41.8 Å². The zero-order valence-corrected chi connectivity index (χ0v) is 21.5. The van der Waals surface area contributed by atoms with Crippen molar-refractivity contribution in [2.75, 3.05) is 0 Å². The average molecular weight is 565 g/mol. The molecule has 1 aliphatic heterocycles. The lowest BCUT2D eigenvalue weighted by Crippen LogP contribution is -2.17. The number of alkyl halides is 3. The summed E-state index contributed by atoms with van der Waals surface area (Å²) in [4.78, 5) is 16.3. The molecule has 3 aliphatic rings. The number of carboxylic acid groups (broad SMARTS) is 1. The Morgan fingerprint density at radius 1 is 1.07 bits per heavy atom. The summed E-state index contributed by atoms with van der Waals surface area (Å²) in [7, 11) is 0. The highest BCUT2D eigenvalue weighted by atomic mass is 19.4. The minimum atomic E-state index is -4.86. The van der Waals surface area contributed by atoms with Crippen LogP contribution in [0, 0.1) is 0 Å². The van der Waals surface area contributed by atoms with Gasteiger partial charge in [-0.2, -0.15) is 0 Å². The molecule has 41 heavy (non-hydrogen) atoms. The van der Waals surface area contributed by atoms with Crippen LogP contribution < -0.4 is 14.2 Å². The molecule has 2 aromatic carbocycles. The van der Waals surface area contributed by atoms with Crippen LogP contribution in [0.25, 0.3) is 11.3 Å². The Bertz CT molecular complexity index is 1670. The summed E-state index contributed by atoms with van der Waals surface area (Å²) in [5, 5.41) is 13.5. The second-order valence-electron chi connectivity index (χ2n) is 10.7. The first-order chi connectivity index (χ1) is 19.7. The fraction of sp³-hybridized carbons (Fsp3) is 0.300. The van der Waals surface area contributed by atoms with Crippen molar-refractivity contribution >= 4 is 5.97 Å². The van der Waals surface area contributed by atoms with Crippen LogP contribution in [0.15, 0.2) is 59.1 Å². The van der Waals surface area contributed by atoms with Gasteiger partial charge in [0.15, 0.2) is 0 Å². The Morgan fingerprint density at radius 2 is 1.88 bits per heavy atom. The number of ether oxygens (including phenoxy) is 3. The van der Waals surface area contributed by atoms with E-state index in [0.717, 1.165) is 36.9 Å². The molecule has 0 radical (unpaired) electrons. The van der Waals surface area contributed by atoms with Crippen molar-refractivity contribution in [3.8, 4) is 34.4 Å². The molecule has 0 bridgehead atoms. The van der Waals surface area contributed by atoms with Crippen molar-refractivity contribution in [1.29, 1.82) is 0 Å². The summed E-state index contributed by atoms with van der Waals surface area (Å²) in [5.41, 5.74) is 2.48. The summed E-state index contributed by atoms with van der Waals surface area (Å²) in [6.07, 6.45) is -0.622. The van der Waals surface area contributed by atoms with Crippen molar-refractivity contribution in [1.82, 2.24) is 10.1 Å². The van der Waals surface area contributed by atoms with E-state index in [-0.39, 0.29) is 40.5 Å². The molecule has 0 saturated heterocycles. The normalized spacial score (nSPS) is 16.8. The van der Waals surface area contributed by atoms with E-state index < -0.39 is 12.3 Å². The average Bonchev–Trinajstić information content (AvgIpc) is 3.87. The molecule has 0 amide bonds. The first-order valence-electron chi connectivity index (χ1n) is 13.2. The van der Waals surface area contributed by atoms with Crippen LogP contribution >= 0.6 is 0 Å². The summed E-state index contributed by atoms with van der Waals surface area (Å²) >= 11 is 0. The molecule has 210 valence electrons. The van der Waals surface area contributed by atoms with Gasteiger partial charge in [-0.15, -0.1) is 13.2 Å². The molecule has 0 atom stereocenters. The summed E-state index contributed by atoms with van der Waals surface area (Å²) in [6, 6.07) is 14.1. The Balaban J connectivity index is 1.19. The first kappa shape index (κ1) is 25.4. The molecule has 1 spiro atoms. The van der Waals surface area contributed by atoms with E-state index in [2.05, 4.69) is 9.89 Å². The lowest BCUT2D eigenvalue weighted by Gasteiger charge is -2.16. The summed E-state index contributed by atoms with van der Waals surface area (Å²) < 4.78 is 61.4. The van der Waals surface area contributed by atoms with Crippen molar-refractivity contribution in [3.63, 3.8) is 0 Å². The molecule has 7 rings (SSSR count). The lowest BCUT2D eigenvalue weighted by atomic mass is 9.92. The highest BCUT2D eigenvalue weighted by Gasteiger charge is 2.49. The molecule has 2 aliphatic carbocycles. The standard InChI is InChI=1S/C30H23F3N2O6/c31-30(32,33)40-21-4-2-1-3-19(21)25-20(26(41-35-25)16-5-6-16)15-38-24-10-9-22-27(34-24)29(11-12-29)14-18-8-7-17(28(36)37)13-23(18)39-22/h1-4,7-10,13,16H,5-6,11-12,14-15H2,(H,36,37). The second-order valence-corrected chi connectivity index (χ2v) is 10.7. The third kappa shape index (κ3) is 4.85. The Morgan fingerprint density at radius 3 is 2.61 bits per heavy atom. The quantitative estimate of drug-likeness (QED) is 0.252. The van der Waals surface area contributed by atoms with E-state index >= 15 is 0 Å². The van der Waals surface area contributed by atoms with Gasteiger partial charge in [0.25, 0.3) is 0 Å². The maximum absolute atomic E-state index is 13.1. The molecule has 2 saturated carbocycles. The highest BCUT2D eigenvalue weighted by molar-refractivity contribution is 5.88. The number of rotatable bonds is 7. The predicted molar refractivity (Wildman–Crippen MR) is 137 cm³/mol. The van der Waals surface area contributed by atoms with Gasteiger partial charge in [0, 0.05) is 23.0 Å². The van der Waals surface area contributed by atoms with Gasteiger partial charge in [-0.1, -0.05) is 23.4 Å². The maximum atomic E-state index is 13.1. The van der Waals surface area contributed by atoms with Crippen molar-refractivity contribution in [2.45, 2.75) is 56.4 Å². The molecule has 11 heteroatoms. The van der Waals surface area contributed by atoms with Gasteiger partial charge in [-0.05, 0) is 68.0 Å². The van der Waals surface area contributed by atoms with Gasteiger partial charge in [0.05, 0.1) is 16.8 Å². The van der Waals surface area contributed by atoms with E-state index in [1.54, 1.807) is 30.3 Å². The van der Waals surface area contributed by atoms with Crippen LogP contribution in [0.4, 0.5) is 13.2 Å². The summed E-state index contributed by atoms with van der Waals surface area (Å²) in [5.74, 6) is 0.663. The van der Waals surface area contributed by atoms with Crippen molar-refractivity contribution in [3.05, 3.63) is 82.7 Å². The number of aromatic nitrogens is 2. The smallest absolute Gasteiger partial charge is 0.478 e. The van der Waals surface area contributed by atoms with Gasteiger partial charge in [-0.3, -0.25) is 0 Å². The molecule has 0 unspecified atom stereocenters. The van der Waals surface area contributed by atoms with E-state index in [0.29, 0.717) is 35.1 Å². The fourth-order valence-electron chi connectivity index (χ4n) is 5.39. The number of pyridine rings is 1. The molecule has 2 aromatic heterocycles. The van der Waals surface area contributed by atoms with E-state index in [9.17, 15) is 23.1 Å². The van der Waals surface area contributed by atoms with Gasteiger partial charge >= 0.3 is 12.3 Å². The predicted octanol–water partition coefficient (Wildman–Crippen LogP) is 7.17. The first-order valence-corrected chi connectivity index (χ1v) is 13.2. The monoisotopic (exact) mass is 564 g/mol. The van der Waals surface area contributed by atoms with Gasteiger partial charge in [0.2, 0.25) is 5.88 Å². The SMILES string of the molecule is O=C(O)c1ccc2c(c1)Oc1ccc(OCc3c(-c4ccccc4OC(F)(F)F)noc3C3CC3)nc1C1(CC1)C2. The molecule has 4 aromatic rings. The van der Waals surface area contributed by atoms with Crippen LogP contribution in [0.2, 0.25) is 0 Å². The highest BCUT2D eigenvalue weighted by Crippen LogP contribution is 2.56. The third-order valence-corrected chi connectivity index (χ3v) is 7.75. The third-order valence-electron chi connectivity index (χ3n) is 7.75. The number of fused-ring (bicyclic) bond motifs is 3. The number of carbonyl (C=O) groups is 1. The number of benzene rings is 2. The van der Waals surface area contributed by atoms with Crippen LogP contribution in [0.1, 0.15) is 64.5 Å². The number of nitrogens with zero attached hydrogens (tertiary/aromatic N) is 2. The van der Waals surface area contributed by atoms with E-state index in [1.165, 1.54) is 24.3 Å². The number of aromatic carboxylic acids is 1. The minimum absolute atomic E-state index is 0.0210. The van der Waals surface area contributed by atoms with Gasteiger partial charge in [0.1, 0.15) is 35.3 Å². The molecule has 3 heterocycles. The topological polar surface area (TPSA) is 104 Å². The van der Waals surface area contributed by atoms with Crippen LogP contribution in [-0.2, 0) is 18.4 Å². The fourth-order valence-corrected chi connectivity index (χ4v) is 5.39. The zero-order chi connectivity index (χ0) is 28.4. The molecular formula is C30H23F3N2O6. The number of halogens is 3. The molecule has 1 N–H and O–H groups in total. The number of para-hydroxylation sites is 1. The van der Waals surface area contributed by atoms with E-state index in [4.69, 9.17) is 19.0 Å². The van der Waals surface area contributed by atoms with Crippen molar-refractivity contribution in [2.24, 2.45) is 0 Å². The number of hydrogen-bond donors (Lipinski definition) is 1. The van der Waals surface area contributed by atoms with Crippen LogP contribution in [0.3, 0.4) is 0 Å². The Kier molecular flexibility index (Phi) is 5.74.